The molecule has 0 unspecified atom stereocenters. The molecule has 0 saturated carbocycles. The van der Waals surface area contributed by atoms with Crippen LogP contribution < -0.4 is 5.32 Å². The van der Waals surface area contributed by atoms with Crippen LogP contribution in [0.3, 0.4) is 0 Å². The highest BCUT2D eigenvalue weighted by Crippen LogP contribution is 2.32. The van der Waals surface area contributed by atoms with Gasteiger partial charge in [-0.05, 0) is 18.2 Å². The molecule has 1 amide bonds. The first-order chi connectivity index (χ1) is 11.7. The van der Waals surface area contributed by atoms with Crippen LogP contribution in [-0.4, -0.2) is 24.2 Å². The third-order valence-corrected chi connectivity index (χ3v) is 4.59. The maximum absolute atomic E-state index is 13.8. The van der Waals surface area contributed by atoms with Gasteiger partial charge in [-0.1, -0.05) is 30.3 Å². The molecule has 1 aromatic heterocycles. The molecule has 3 rings (SSSR count). The van der Waals surface area contributed by atoms with Crippen molar-refractivity contribution in [3.05, 3.63) is 65.7 Å². The summed E-state index contributed by atoms with van der Waals surface area (Å²) in [5.74, 6) is -0.0701. The van der Waals surface area contributed by atoms with E-state index in [2.05, 4.69) is 5.32 Å². The number of furan rings is 1. The number of halogens is 1. The average molecular weight is 345 g/mol. The van der Waals surface area contributed by atoms with Crippen LogP contribution in [0.5, 0.6) is 0 Å². The van der Waals surface area contributed by atoms with E-state index in [-0.39, 0.29) is 30.6 Å². The van der Waals surface area contributed by atoms with Crippen molar-refractivity contribution in [2.75, 3.05) is 13.2 Å². The topological polar surface area (TPSA) is 62.5 Å². The van der Waals surface area contributed by atoms with E-state index in [1.165, 1.54) is 17.8 Å². The molecule has 124 valence electrons. The van der Waals surface area contributed by atoms with Gasteiger partial charge in [-0.25, -0.2) is 4.39 Å². The van der Waals surface area contributed by atoms with Crippen LogP contribution in [-0.2, 0) is 5.75 Å². The minimum absolute atomic E-state index is 0.148. The fourth-order valence-electron chi connectivity index (χ4n) is 2.39. The third-order valence-electron chi connectivity index (χ3n) is 3.51. The van der Waals surface area contributed by atoms with Gasteiger partial charge >= 0.3 is 0 Å². The lowest BCUT2D eigenvalue weighted by molar-refractivity contribution is 0.0918. The Hall–Kier alpha value is -2.31. The Bertz CT molecular complexity index is 862. The number of hydrogen-bond donors (Lipinski definition) is 2. The molecule has 0 fully saturated rings. The summed E-state index contributed by atoms with van der Waals surface area (Å²) in [6, 6.07) is 13.9. The Balaban J connectivity index is 1.92. The largest absolute Gasteiger partial charge is 0.451 e. The normalized spacial score (nSPS) is 10.9. The molecule has 0 radical (unpaired) electrons. The number of nitrogens with one attached hydrogen (secondary N) is 1. The lowest BCUT2D eigenvalue weighted by Gasteiger charge is -2.05. The van der Waals surface area contributed by atoms with Gasteiger partial charge in [0.1, 0.15) is 11.4 Å². The lowest BCUT2D eigenvalue weighted by atomic mass is 10.1. The lowest BCUT2D eigenvalue weighted by Crippen LogP contribution is -2.26. The van der Waals surface area contributed by atoms with Gasteiger partial charge in [0.05, 0.1) is 6.61 Å². The van der Waals surface area contributed by atoms with Gasteiger partial charge < -0.3 is 14.8 Å². The van der Waals surface area contributed by atoms with Crippen LogP contribution in [0.25, 0.3) is 11.0 Å². The van der Waals surface area contributed by atoms with Gasteiger partial charge in [-0.15, -0.1) is 11.8 Å². The Labute approximate surface area is 142 Å². The quantitative estimate of drug-likeness (QED) is 0.670. The Morgan fingerprint density at radius 2 is 1.92 bits per heavy atom. The molecule has 0 aliphatic heterocycles. The molecule has 6 heteroatoms. The van der Waals surface area contributed by atoms with Crippen LogP contribution in [0, 0.1) is 5.82 Å². The summed E-state index contributed by atoms with van der Waals surface area (Å²) in [4.78, 5) is 12.8. The van der Waals surface area contributed by atoms with Crippen molar-refractivity contribution >= 4 is 28.6 Å². The van der Waals surface area contributed by atoms with E-state index >= 15 is 0 Å². The van der Waals surface area contributed by atoms with Gasteiger partial charge in [0.25, 0.3) is 5.91 Å². The van der Waals surface area contributed by atoms with Crippen molar-refractivity contribution in [1.82, 2.24) is 5.32 Å². The Kier molecular flexibility index (Phi) is 5.17. The van der Waals surface area contributed by atoms with Gasteiger partial charge in [-0.2, -0.15) is 0 Å². The SMILES string of the molecule is O=C(NCCO)c1oc2ccccc2c1CSc1ccccc1F. The van der Waals surface area contributed by atoms with Gasteiger partial charge in [0.2, 0.25) is 0 Å². The van der Waals surface area contributed by atoms with E-state index in [4.69, 9.17) is 9.52 Å². The van der Waals surface area contributed by atoms with E-state index in [1.54, 1.807) is 24.3 Å². The van der Waals surface area contributed by atoms with Gasteiger partial charge in [-0.3, -0.25) is 4.79 Å². The second-order valence-corrected chi connectivity index (χ2v) is 6.12. The summed E-state index contributed by atoms with van der Waals surface area (Å²) in [7, 11) is 0. The molecule has 3 aromatic rings. The first-order valence-corrected chi connectivity index (χ1v) is 8.46. The number of thioether (sulfide) groups is 1. The standard InChI is InChI=1S/C18H16FNO3S/c19-14-6-2-4-8-16(14)24-11-13-12-5-1-3-7-15(12)23-17(13)18(22)20-9-10-21/h1-8,21H,9-11H2,(H,20,22). The number of para-hydroxylation sites is 1. The molecule has 0 aliphatic carbocycles. The summed E-state index contributed by atoms with van der Waals surface area (Å²) in [6.07, 6.45) is 0. The highest BCUT2D eigenvalue weighted by atomic mass is 32.2. The summed E-state index contributed by atoms with van der Waals surface area (Å²) in [5, 5.41) is 12.3. The first-order valence-electron chi connectivity index (χ1n) is 7.47. The number of fused-ring (bicyclic) bond motifs is 1. The fraction of sp³-hybridized carbons (Fsp3) is 0.167. The van der Waals surface area contributed by atoms with Crippen molar-refractivity contribution in [1.29, 1.82) is 0 Å². The molecular formula is C18H16FNO3S. The van der Waals surface area contributed by atoms with Crippen LogP contribution >= 0.6 is 11.8 Å². The number of aliphatic hydroxyl groups is 1. The predicted molar refractivity (Wildman–Crippen MR) is 91.6 cm³/mol. The number of aliphatic hydroxyl groups excluding tert-OH is 1. The van der Waals surface area contributed by atoms with Crippen LogP contribution in [0.1, 0.15) is 16.1 Å². The number of benzene rings is 2. The van der Waals surface area contributed by atoms with Crippen molar-refractivity contribution in [3.63, 3.8) is 0 Å². The fourth-order valence-corrected chi connectivity index (χ4v) is 3.35. The molecule has 0 aliphatic rings. The molecule has 0 atom stereocenters. The summed E-state index contributed by atoms with van der Waals surface area (Å²) >= 11 is 1.31. The predicted octanol–water partition coefficient (Wildman–Crippen LogP) is 3.59. The van der Waals surface area contributed by atoms with Crippen molar-refractivity contribution in [3.8, 4) is 0 Å². The number of carbonyl (C=O) groups is 1. The minimum atomic E-state index is -0.385. The highest BCUT2D eigenvalue weighted by Gasteiger charge is 2.20. The Morgan fingerprint density at radius 3 is 2.71 bits per heavy atom. The first kappa shape index (κ1) is 16.5. The number of rotatable bonds is 6. The molecule has 0 bridgehead atoms. The number of carbonyl (C=O) groups excluding carboxylic acids is 1. The van der Waals surface area contributed by atoms with Crippen LogP contribution in [0.2, 0.25) is 0 Å². The number of amides is 1. The molecule has 0 spiro atoms. The van der Waals surface area contributed by atoms with E-state index in [0.717, 1.165) is 5.39 Å². The summed E-state index contributed by atoms with van der Waals surface area (Å²) < 4.78 is 19.5. The molecule has 0 saturated heterocycles. The van der Waals surface area contributed by atoms with Gasteiger partial charge in [0.15, 0.2) is 5.76 Å². The summed E-state index contributed by atoms with van der Waals surface area (Å²) in [5.41, 5.74) is 1.32. The zero-order valence-corrected chi connectivity index (χ0v) is 13.6. The molecule has 4 nitrogen and oxygen atoms in total. The molecule has 2 aromatic carbocycles. The second kappa shape index (κ2) is 7.51. The zero-order valence-electron chi connectivity index (χ0n) is 12.8. The monoisotopic (exact) mass is 345 g/mol. The van der Waals surface area contributed by atoms with E-state index in [1.807, 2.05) is 18.2 Å². The number of hydrogen-bond acceptors (Lipinski definition) is 4. The zero-order chi connectivity index (χ0) is 16.9. The van der Waals surface area contributed by atoms with Crippen molar-refractivity contribution in [2.24, 2.45) is 0 Å². The van der Waals surface area contributed by atoms with Crippen LogP contribution in [0.4, 0.5) is 4.39 Å². The Morgan fingerprint density at radius 1 is 1.17 bits per heavy atom. The van der Waals surface area contributed by atoms with Gasteiger partial charge in [0, 0.05) is 28.1 Å². The second-order valence-electron chi connectivity index (χ2n) is 5.10. The summed E-state index contributed by atoms with van der Waals surface area (Å²) in [6.45, 7) is 0.00104. The van der Waals surface area contributed by atoms with E-state index in [0.29, 0.717) is 21.8 Å². The highest BCUT2D eigenvalue weighted by molar-refractivity contribution is 7.98. The molecular weight excluding hydrogens is 329 g/mol. The minimum Gasteiger partial charge on any atom is -0.451 e. The van der Waals surface area contributed by atoms with Crippen molar-refractivity contribution < 1.29 is 18.7 Å². The van der Waals surface area contributed by atoms with E-state index in [9.17, 15) is 9.18 Å². The third kappa shape index (κ3) is 3.44. The average Bonchev–Trinajstić information content (AvgIpc) is 2.98. The van der Waals surface area contributed by atoms with Crippen LogP contribution in [0.15, 0.2) is 57.8 Å². The maximum atomic E-state index is 13.8. The van der Waals surface area contributed by atoms with Crippen molar-refractivity contribution in [2.45, 2.75) is 10.6 Å². The van der Waals surface area contributed by atoms with E-state index < -0.39 is 0 Å². The molecule has 24 heavy (non-hydrogen) atoms. The maximum Gasteiger partial charge on any atom is 0.287 e. The molecule has 2 N–H and O–H groups in total. The smallest absolute Gasteiger partial charge is 0.287 e. The molecule has 1 heterocycles.